The lowest BCUT2D eigenvalue weighted by molar-refractivity contribution is 0.0276. The zero-order valence-corrected chi connectivity index (χ0v) is 15.1. The Kier molecular flexibility index (Phi) is 5.62. The Morgan fingerprint density at radius 3 is 2.91 bits per heavy atom. The van der Waals surface area contributed by atoms with Gasteiger partial charge in [-0.3, -0.25) is 9.89 Å². The van der Waals surface area contributed by atoms with Gasteiger partial charge in [0.05, 0.1) is 13.1 Å². The van der Waals surface area contributed by atoms with E-state index in [0.29, 0.717) is 37.6 Å². The molecule has 23 heavy (non-hydrogen) atoms. The molecule has 0 spiro atoms. The summed E-state index contributed by atoms with van der Waals surface area (Å²) >= 11 is 3.32. The molecular formula is C16H21BrFN3O2. The molecule has 0 fully saturated rings. The van der Waals surface area contributed by atoms with Gasteiger partial charge in [-0.05, 0) is 39.0 Å². The number of aliphatic imine (C=N–C) groups is 1. The highest BCUT2D eigenvalue weighted by Crippen LogP contribution is 2.15. The number of rotatable bonds is 2. The number of hydrogen-bond donors (Lipinski definition) is 1. The summed E-state index contributed by atoms with van der Waals surface area (Å²) < 4.78 is 19.9. The van der Waals surface area contributed by atoms with Crippen molar-refractivity contribution < 1.29 is 13.9 Å². The number of hydrogen-bond acceptors (Lipinski definition) is 4. The summed E-state index contributed by atoms with van der Waals surface area (Å²) in [5.74, 6) is 0.377. The van der Waals surface area contributed by atoms with E-state index >= 15 is 0 Å². The van der Waals surface area contributed by atoms with Crippen LogP contribution in [0.5, 0.6) is 0 Å². The van der Waals surface area contributed by atoms with Crippen molar-refractivity contribution in [2.75, 3.05) is 19.6 Å². The van der Waals surface area contributed by atoms with Gasteiger partial charge in [0.15, 0.2) is 0 Å². The number of amidine groups is 1. The second kappa shape index (κ2) is 7.29. The second-order valence-corrected chi connectivity index (χ2v) is 7.24. The van der Waals surface area contributed by atoms with Crippen LogP contribution in [0.2, 0.25) is 0 Å². The van der Waals surface area contributed by atoms with Gasteiger partial charge in [0, 0.05) is 23.1 Å². The molecule has 1 aliphatic rings. The predicted octanol–water partition coefficient (Wildman–Crippen LogP) is 3.33. The van der Waals surface area contributed by atoms with Crippen molar-refractivity contribution >= 4 is 27.9 Å². The van der Waals surface area contributed by atoms with Crippen LogP contribution in [-0.2, 0) is 11.3 Å². The van der Waals surface area contributed by atoms with Gasteiger partial charge in [-0.25, -0.2) is 9.18 Å². The number of carbonyl (C=O) groups is 1. The number of carbonyl (C=O) groups excluding carboxylic acids is 1. The molecule has 0 aliphatic carbocycles. The third-order valence-corrected chi connectivity index (χ3v) is 3.65. The number of nitrogens with zero attached hydrogens (tertiary/aromatic N) is 2. The molecule has 0 saturated heterocycles. The van der Waals surface area contributed by atoms with Crippen LogP contribution in [0.25, 0.3) is 0 Å². The van der Waals surface area contributed by atoms with Crippen LogP contribution in [0.15, 0.2) is 27.7 Å². The molecule has 1 N–H and O–H groups in total. The monoisotopic (exact) mass is 385 g/mol. The second-order valence-electron chi connectivity index (χ2n) is 6.32. The van der Waals surface area contributed by atoms with E-state index in [9.17, 15) is 9.18 Å². The van der Waals surface area contributed by atoms with E-state index in [0.717, 1.165) is 4.47 Å². The van der Waals surface area contributed by atoms with Crippen molar-refractivity contribution in [3.8, 4) is 0 Å². The summed E-state index contributed by atoms with van der Waals surface area (Å²) in [7, 11) is 0. The van der Waals surface area contributed by atoms with Gasteiger partial charge >= 0.3 is 6.09 Å². The summed E-state index contributed by atoms with van der Waals surface area (Å²) in [5.41, 5.74) is 0.00934. The summed E-state index contributed by atoms with van der Waals surface area (Å²) in [6.07, 6.45) is -0.361. The predicted molar refractivity (Wildman–Crippen MR) is 91.0 cm³/mol. The first-order chi connectivity index (χ1) is 10.7. The largest absolute Gasteiger partial charge is 0.444 e. The van der Waals surface area contributed by atoms with E-state index in [2.05, 4.69) is 26.2 Å². The molecule has 7 heteroatoms. The molecule has 1 aromatic rings. The topological polar surface area (TPSA) is 53.9 Å². The summed E-state index contributed by atoms with van der Waals surface area (Å²) in [5, 5.41) is 3.09. The Balaban J connectivity index is 1.93. The number of amides is 1. The number of halogens is 2. The van der Waals surface area contributed by atoms with E-state index in [4.69, 9.17) is 4.74 Å². The van der Waals surface area contributed by atoms with Gasteiger partial charge in [-0.1, -0.05) is 15.9 Å². The van der Waals surface area contributed by atoms with Crippen LogP contribution in [0.1, 0.15) is 26.3 Å². The highest BCUT2D eigenvalue weighted by molar-refractivity contribution is 9.10. The average Bonchev–Trinajstić information content (AvgIpc) is 2.47. The van der Waals surface area contributed by atoms with E-state index in [1.54, 1.807) is 17.0 Å². The Bertz CT molecular complexity index is 614. The molecule has 5 nitrogen and oxygen atoms in total. The molecule has 0 saturated carbocycles. The van der Waals surface area contributed by atoms with Crippen molar-refractivity contribution in [3.63, 3.8) is 0 Å². The highest BCUT2D eigenvalue weighted by atomic mass is 79.9. The highest BCUT2D eigenvalue weighted by Gasteiger charge is 2.24. The summed E-state index contributed by atoms with van der Waals surface area (Å²) in [4.78, 5) is 18.0. The van der Waals surface area contributed by atoms with Crippen LogP contribution < -0.4 is 5.32 Å². The molecule has 1 aromatic carbocycles. The minimum absolute atomic E-state index is 0.277. The standard InChI is InChI=1S/C16H21BrFN3O2/c1-16(2,3)23-15(22)21-7-6-19-14(10-21)20-9-11-8-12(17)4-5-13(11)18/h4-5,8H,6-7,9-10H2,1-3H3,(H,19,20). The van der Waals surface area contributed by atoms with Gasteiger partial charge in [-0.15, -0.1) is 0 Å². The van der Waals surface area contributed by atoms with Crippen molar-refractivity contribution in [1.82, 2.24) is 10.2 Å². The molecule has 1 amide bonds. The minimum atomic E-state index is -0.529. The van der Waals surface area contributed by atoms with E-state index in [1.807, 2.05) is 20.8 Å². The van der Waals surface area contributed by atoms with Crippen molar-refractivity contribution in [1.29, 1.82) is 0 Å². The van der Waals surface area contributed by atoms with Crippen LogP contribution in [0.3, 0.4) is 0 Å². The number of ether oxygens (including phenoxy) is 1. The third kappa shape index (κ3) is 5.49. The average molecular weight is 386 g/mol. The van der Waals surface area contributed by atoms with Crippen molar-refractivity contribution in [2.45, 2.75) is 32.9 Å². The van der Waals surface area contributed by atoms with Gasteiger partial charge in [0.1, 0.15) is 17.3 Å². The third-order valence-electron chi connectivity index (χ3n) is 3.16. The summed E-state index contributed by atoms with van der Waals surface area (Å²) in [6, 6.07) is 4.79. The van der Waals surface area contributed by atoms with Gasteiger partial charge in [-0.2, -0.15) is 0 Å². The van der Waals surface area contributed by atoms with E-state index in [-0.39, 0.29) is 11.9 Å². The molecule has 0 radical (unpaired) electrons. The maximum Gasteiger partial charge on any atom is 0.410 e. The van der Waals surface area contributed by atoms with Gasteiger partial charge in [0.2, 0.25) is 0 Å². The van der Waals surface area contributed by atoms with Gasteiger partial charge in [0.25, 0.3) is 0 Å². The first kappa shape index (κ1) is 17.7. The Morgan fingerprint density at radius 2 is 2.22 bits per heavy atom. The first-order valence-electron chi connectivity index (χ1n) is 7.43. The molecule has 1 aliphatic heterocycles. The van der Waals surface area contributed by atoms with E-state index in [1.165, 1.54) is 6.07 Å². The molecule has 0 bridgehead atoms. The van der Waals surface area contributed by atoms with Crippen molar-refractivity contribution in [2.24, 2.45) is 4.99 Å². The fourth-order valence-electron chi connectivity index (χ4n) is 2.09. The van der Waals surface area contributed by atoms with Crippen LogP contribution in [-0.4, -0.2) is 42.1 Å². The zero-order valence-electron chi connectivity index (χ0n) is 13.5. The van der Waals surface area contributed by atoms with Crippen molar-refractivity contribution in [3.05, 3.63) is 34.1 Å². The van der Waals surface area contributed by atoms with E-state index < -0.39 is 5.60 Å². The first-order valence-corrected chi connectivity index (χ1v) is 8.23. The molecule has 0 atom stereocenters. The van der Waals surface area contributed by atoms with Crippen LogP contribution in [0.4, 0.5) is 9.18 Å². The Labute approximate surface area is 144 Å². The van der Waals surface area contributed by atoms with Gasteiger partial charge < -0.3 is 10.1 Å². The molecule has 0 unspecified atom stereocenters. The zero-order chi connectivity index (χ0) is 17.0. The quantitative estimate of drug-likeness (QED) is 0.849. The lowest BCUT2D eigenvalue weighted by atomic mass is 10.2. The Hall–Kier alpha value is -1.63. The Morgan fingerprint density at radius 1 is 1.48 bits per heavy atom. The fraction of sp³-hybridized carbons (Fsp3) is 0.500. The SMILES string of the molecule is CC(C)(C)OC(=O)N1CCN=C(NCc2cc(Br)ccc2F)C1. The maximum atomic E-state index is 13.7. The lowest BCUT2D eigenvalue weighted by Gasteiger charge is -2.30. The molecule has 126 valence electrons. The minimum Gasteiger partial charge on any atom is -0.444 e. The molecule has 2 rings (SSSR count). The molecule has 1 heterocycles. The van der Waals surface area contributed by atoms with Crippen LogP contribution >= 0.6 is 15.9 Å². The lowest BCUT2D eigenvalue weighted by Crippen LogP contribution is -2.47. The van der Waals surface area contributed by atoms with Crippen LogP contribution in [0, 0.1) is 5.82 Å². The smallest absolute Gasteiger partial charge is 0.410 e. The summed E-state index contributed by atoms with van der Waals surface area (Å²) in [6.45, 7) is 7.17. The number of nitrogens with one attached hydrogen (secondary N) is 1. The molecule has 0 aromatic heterocycles. The molecular weight excluding hydrogens is 365 g/mol. The fourth-order valence-corrected chi connectivity index (χ4v) is 2.49. The maximum absolute atomic E-state index is 13.7. The normalized spacial score (nSPS) is 15.2. The number of benzene rings is 1.